The van der Waals surface area contributed by atoms with Crippen molar-refractivity contribution in [3.05, 3.63) is 11.7 Å². The van der Waals surface area contributed by atoms with Gasteiger partial charge in [-0.25, -0.2) is 8.42 Å². The molecule has 0 amide bonds. The van der Waals surface area contributed by atoms with E-state index in [1.807, 2.05) is 0 Å². The number of aliphatic carboxylic acids is 1. The first kappa shape index (κ1) is 12.0. The average Bonchev–Trinajstić information content (AvgIpc) is 2.73. The predicted octanol–water partition coefficient (Wildman–Crippen LogP) is -0.326. The van der Waals surface area contributed by atoms with E-state index in [9.17, 15) is 13.2 Å². The molecule has 8 heteroatoms. The molecule has 94 valence electrons. The largest absolute Gasteiger partial charge is 0.481 e. The molecule has 7 nitrogen and oxygen atoms in total. The topological polar surface area (TPSA) is 110 Å². The highest BCUT2D eigenvalue weighted by atomic mass is 32.2. The fraction of sp³-hybridized carbons (Fsp3) is 0.667. The number of carboxylic acids is 1. The van der Waals surface area contributed by atoms with E-state index in [0.717, 1.165) is 0 Å². The van der Waals surface area contributed by atoms with Crippen LogP contribution in [0.2, 0.25) is 0 Å². The van der Waals surface area contributed by atoms with E-state index in [-0.39, 0.29) is 29.7 Å². The summed E-state index contributed by atoms with van der Waals surface area (Å²) in [7, 11) is -2.91. The van der Waals surface area contributed by atoms with Gasteiger partial charge in [0, 0.05) is 6.42 Å². The van der Waals surface area contributed by atoms with Crippen LogP contribution in [0.15, 0.2) is 4.52 Å². The first-order valence-corrected chi connectivity index (χ1v) is 7.00. The van der Waals surface area contributed by atoms with E-state index in [2.05, 4.69) is 10.1 Å². The molecule has 0 spiro atoms. The summed E-state index contributed by atoms with van der Waals surface area (Å²) in [5.74, 6) is -0.257. The molecule has 0 aliphatic carbocycles. The molecule has 2 rings (SSSR count). The molecule has 1 atom stereocenters. The predicted molar refractivity (Wildman–Crippen MR) is 56.1 cm³/mol. The third-order valence-electron chi connectivity index (χ3n) is 2.61. The first-order valence-electron chi connectivity index (χ1n) is 5.18. The van der Waals surface area contributed by atoms with Crippen molar-refractivity contribution in [2.24, 2.45) is 5.92 Å². The van der Waals surface area contributed by atoms with Crippen molar-refractivity contribution in [3.63, 3.8) is 0 Å². The molecule has 0 bridgehead atoms. The zero-order chi connectivity index (χ0) is 12.5. The Morgan fingerprint density at radius 3 is 2.88 bits per heavy atom. The highest BCUT2D eigenvalue weighted by molar-refractivity contribution is 7.91. The molecule has 17 heavy (non-hydrogen) atoms. The van der Waals surface area contributed by atoms with Crippen molar-refractivity contribution >= 4 is 15.8 Å². The molecular weight excluding hydrogens is 248 g/mol. The lowest BCUT2D eigenvalue weighted by Gasteiger charge is -2.01. The highest BCUT2D eigenvalue weighted by Crippen LogP contribution is 2.21. The molecule has 2 heterocycles. The van der Waals surface area contributed by atoms with Gasteiger partial charge in [-0.2, -0.15) is 4.98 Å². The van der Waals surface area contributed by atoms with Gasteiger partial charge in [0.25, 0.3) is 0 Å². The maximum atomic E-state index is 11.2. The maximum absolute atomic E-state index is 11.2. The van der Waals surface area contributed by atoms with Crippen molar-refractivity contribution in [1.29, 1.82) is 0 Å². The number of carbonyl (C=O) groups is 1. The summed E-state index contributed by atoms with van der Waals surface area (Å²) in [5, 5.41) is 12.0. The van der Waals surface area contributed by atoms with Crippen LogP contribution in [-0.2, 0) is 27.5 Å². The molecule has 1 unspecified atom stereocenters. The summed E-state index contributed by atoms with van der Waals surface area (Å²) in [6.07, 6.45) is 0.706. The second kappa shape index (κ2) is 4.44. The lowest BCUT2D eigenvalue weighted by atomic mass is 10.1. The van der Waals surface area contributed by atoms with Gasteiger partial charge in [0.05, 0.1) is 11.5 Å². The molecule has 1 fully saturated rings. The van der Waals surface area contributed by atoms with Crippen LogP contribution >= 0.6 is 0 Å². The van der Waals surface area contributed by atoms with Crippen LogP contribution in [-0.4, -0.2) is 41.1 Å². The summed E-state index contributed by atoms with van der Waals surface area (Å²) >= 11 is 0. The number of sulfone groups is 1. The van der Waals surface area contributed by atoms with Crippen LogP contribution in [0, 0.1) is 5.92 Å². The number of hydrogen-bond acceptors (Lipinski definition) is 6. The van der Waals surface area contributed by atoms with Gasteiger partial charge in [0.2, 0.25) is 5.89 Å². The summed E-state index contributed by atoms with van der Waals surface area (Å²) in [5.41, 5.74) is 0. The summed E-state index contributed by atoms with van der Waals surface area (Å²) < 4.78 is 27.4. The number of rotatable bonds is 4. The molecular formula is C9H12N2O5S. The SMILES string of the molecule is O=C(O)Cc1noc(CC2CCS(=O)(=O)C2)n1. The molecule has 1 aromatic rings. The fourth-order valence-corrected chi connectivity index (χ4v) is 3.72. The van der Waals surface area contributed by atoms with E-state index in [4.69, 9.17) is 9.63 Å². The molecule has 0 radical (unpaired) electrons. The smallest absolute Gasteiger partial charge is 0.311 e. The third-order valence-corrected chi connectivity index (χ3v) is 4.45. The second-order valence-corrected chi connectivity index (χ2v) is 6.38. The van der Waals surface area contributed by atoms with Gasteiger partial charge in [0.1, 0.15) is 6.42 Å². The van der Waals surface area contributed by atoms with Gasteiger partial charge in [-0.15, -0.1) is 0 Å². The van der Waals surface area contributed by atoms with Crippen molar-refractivity contribution in [2.45, 2.75) is 19.3 Å². The third kappa shape index (κ3) is 3.26. The van der Waals surface area contributed by atoms with Crippen LogP contribution in [0.5, 0.6) is 0 Å². The van der Waals surface area contributed by atoms with Crippen molar-refractivity contribution in [3.8, 4) is 0 Å². The molecule has 1 saturated heterocycles. The molecule has 1 aromatic heterocycles. The molecule has 0 saturated carbocycles. The van der Waals surface area contributed by atoms with E-state index in [1.165, 1.54) is 0 Å². The monoisotopic (exact) mass is 260 g/mol. The number of nitrogens with zero attached hydrogens (tertiary/aromatic N) is 2. The normalized spacial score (nSPS) is 22.7. The Morgan fingerprint density at radius 2 is 2.29 bits per heavy atom. The van der Waals surface area contributed by atoms with Crippen molar-refractivity contribution in [2.75, 3.05) is 11.5 Å². The van der Waals surface area contributed by atoms with Crippen molar-refractivity contribution < 1.29 is 22.8 Å². The number of carboxylic acid groups (broad SMARTS) is 1. The van der Waals surface area contributed by atoms with Crippen LogP contribution in [0.1, 0.15) is 18.1 Å². The van der Waals surface area contributed by atoms with Crippen LogP contribution in [0.4, 0.5) is 0 Å². The number of aromatic nitrogens is 2. The first-order chi connectivity index (χ1) is 7.94. The Morgan fingerprint density at radius 1 is 1.53 bits per heavy atom. The van der Waals surface area contributed by atoms with Gasteiger partial charge in [0.15, 0.2) is 15.7 Å². The van der Waals surface area contributed by atoms with Crippen molar-refractivity contribution in [1.82, 2.24) is 10.1 Å². The summed E-state index contributed by atoms with van der Waals surface area (Å²) in [4.78, 5) is 14.3. The standard InChI is InChI=1S/C9H12N2O5S/c12-9(13)4-7-10-8(16-11-7)3-6-1-2-17(14,15)5-6/h6H,1-5H2,(H,12,13). The second-order valence-electron chi connectivity index (χ2n) is 4.15. The van der Waals surface area contributed by atoms with Gasteiger partial charge in [-0.05, 0) is 12.3 Å². The molecule has 0 aromatic carbocycles. The van der Waals surface area contributed by atoms with Gasteiger partial charge < -0.3 is 9.63 Å². The number of hydrogen-bond donors (Lipinski definition) is 1. The lowest BCUT2D eigenvalue weighted by molar-refractivity contribution is -0.136. The minimum atomic E-state index is -2.91. The van der Waals surface area contributed by atoms with Gasteiger partial charge >= 0.3 is 5.97 Å². The quantitative estimate of drug-likeness (QED) is 0.789. The Balaban J connectivity index is 1.96. The average molecular weight is 260 g/mol. The van der Waals surface area contributed by atoms with Gasteiger partial charge in [-0.3, -0.25) is 4.79 Å². The molecule has 1 aliphatic rings. The zero-order valence-electron chi connectivity index (χ0n) is 9.00. The minimum Gasteiger partial charge on any atom is -0.481 e. The summed E-state index contributed by atoms with van der Waals surface area (Å²) in [6.45, 7) is 0. The zero-order valence-corrected chi connectivity index (χ0v) is 9.81. The molecule has 1 N–H and O–H groups in total. The van der Waals surface area contributed by atoms with E-state index >= 15 is 0 Å². The van der Waals surface area contributed by atoms with Crippen LogP contribution < -0.4 is 0 Å². The lowest BCUT2D eigenvalue weighted by Crippen LogP contribution is -2.08. The van der Waals surface area contributed by atoms with Gasteiger partial charge in [-0.1, -0.05) is 5.16 Å². The van der Waals surface area contributed by atoms with E-state index in [0.29, 0.717) is 18.7 Å². The van der Waals surface area contributed by atoms with Crippen LogP contribution in [0.3, 0.4) is 0 Å². The Kier molecular flexibility index (Phi) is 3.14. The van der Waals surface area contributed by atoms with E-state index < -0.39 is 15.8 Å². The Hall–Kier alpha value is -1.44. The fourth-order valence-electron chi connectivity index (χ4n) is 1.86. The summed E-state index contributed by atoms with van der Waals surface area (Å²) in [6, 6.07) is 0. The molecule has 1 aliphatic heterocycles. The Bertz CT molecular complexity index is 521. The minimum absolute atomic E-state index is 0.00173. The highest BCUT2D eigenvalue weighted by Gasteiger charge is 2.29. The van der Waals surface area contributed by atoms with E-state index in [1.54, 1.807) is 0 Å². The Labute approximate surface area is 97.7 Å². The maximum Gasteiger partial charge on any atom is 0.311 e. The van der Waals surface area contributed by atoms with Crippen LogP contribution in [0.25, 0.3) is 0 Å².